The molecule has 5 nitrogen and oxygen atoms in total. The Balaban J connectivity index is 2.69. The molecule has 2 heterocycles. The maximum Gasteiger partial charge on any atom is 0.228 e. The second kappa shape index (κ2) is 3.86. The van der Waals surface area contributed by atoms with Crippen LogP contribution in [0.25, 0.3) is 10.2 Å². The first kappa shape index (κ1) is 11.1. The van der Waals surface area contributed by atoms with E-state index in [1.807, 2.05) is 19.0 Å². The van der Waals surface area contributed by atoms with Crippen LogP contribution < -0.4 is 10.6 Å². The van der Waals surface area contributed by atoms with Crippen LogP contribution in [0.15, 0.2) is 0 Å². The maximum absolute atomic E-state index is 5.97. The van der Waals surface area contributed by atoms with Crippen LogP contribution in [-0.4, -0.2) is 28.4 Å². The number of nitrogen functional groups attached to an aromatic ring is 1. The van der Waals surface area contributed by atoms with Gasteiger partial charge in [-0.3, -0.25) is 0 Å². The van der Waals surface area contributed by atoms with Crippen molar-refractivity contribution >= 4 is 33.5 Å². The van der Waals surface area contributed by atoms with Gasteiger partial charge in [-0.25, -0.2) is 0 Å². The van der Waals surface area contributed by atoms with E-state index in [1.165, 1.54) is 11.5 Å². The summed E-state index contributed by atoms with van der Waals surface area (Å²) in [6.07, 6.45) is 0. The van der Waals surface area contributed by atoms with Crippen molar-refractivity contribution in [2.24, 2.45) is 0 Å². The Morgan fingerprint density at radius 1 is 1.25 bits per heavy atom. The number of nitrogens with two attached hydrogens (primary N) is 1. The highest BCUT2D eigenvalue weighted by Gasteiger charge is 2.16. The zero-order chi connectivity index (χ0) is 11.9. The minimum Gasteiger partial charge on any atom is -0.383 e. The molecule has 2 N–H and O–H groups in total. The zero-order valence-corrected chi connectivity index (χ0v) is 10.7. The van der Waals surface area contributed by atoms with E-state index >= 15 is 0 Å². The number of hydrogen-bond donors (Lipinski definition) is 1. The normalized spacial score (nSPS) is 11.3. The number of anilines is 2. The molecule has 0 saturated carbocycles. The molecule has 0 radical (unpaired) electrons. The van der Waals surface area contributed by atoms with Gasteiger partial charge in [-0.15, -0.1) is 0 Å². The average Bonchev–Trinajstić information content (AvgIpc) is 2.61. The summed E-state index contributed by atoms with van der Waals surface area (Å²) in [5.41, 5.74) is 6.96. The fourth-order valence-electron chi connectivity index (χ4n) is 1.48. The Morgan fingerprint density at radius 3 is 2.50 bits per heavy atom. The molecule has 6 heteroatoms. The maximum atomic E-state index is 5.97. The molecule has 2 aromatic heterocycles. The van der Waals surface area contributed by atoms with Crippen molar-refractivity contribution in [3.63, 3.8) is 0 Å². The lowest BCUT2D eigenvalue weighted by Gasteiger charge is -2.10. The summed E-state index contributed by atoms with van der Waals surface area (Å²) >= 11 is 1.38. The van der Waals surface area contributed by atoms with Gasteiger partial charge < -0.3 is 10.6 Å². The van der Waals surface area contributed by atoms with Crippen LogP contribution in [0.3, 0.4) is 0 Å². The van der Waals surface area contributed by atoms with Gasteiger partial charge in [0, 0.05) is 14.1 Å². The van der Waals surface area contributed by atoms with E-state index in [1.54, 1.807) is 0 Å². The second-order valence-corrected chi connectivity index (χ2v) is 4.96. The molecule has 0 fully saturated rings. The summed E-state index contributed by atoms with van der Waals surface area (Å²) < 4.78 is 4.40. The molecule has 2 aromatic rings. The fourth-order valence-corrected chi connectivity index (χ4v) is 2.39. The molecule has 0 aliphatic rings. The number of fused-ring (bicyclic) bond motifs is 1. The van der Waals surface area contributed by atoms with E-state index in [-0.39, 0.29) is 0 Å². The van der Waals surface area contributed by atoms with Gasteiger partial charge in [-0.1, -0.05) is 13.8 Å². The summed E-state index contributed by atoms with van der Waals surface area (Å²) in [5, 5.41) is 0.908. The Bertz CT molecular complexity index is 517. The minimum absolute atomic E-state index is 0.338. The van der Waals surface area contributed by atoms with E-state index in [0.29, 0.717) is 17.7 Å². The van der Waals surface area contributed by atoms with Crippen molar-refractivity contribution in [1.82, 2.24) is 14.3 Å². The zero-order valence-electron chi connectivity index (χ0n) is 9.85. The molecule has 0 aliphatic carbocycles. The lowest BCUT2D eigenvalue weighted by Crippen LogP contribution is -2.13. The Hall–Kier alpha value is -1.43. The standard InChI is InChI=1S/C10H15N5S/c1-5(2)7-6-8(11)12-10(15(3)4)13-9(6)16-14-7/h5H,1-4H3,(H2,11,12,13). The topological polar surface area (TPSA) is 67.9 Å². The van der Waals surface area contributed by atoms with Crippen molar-refractivity contribution in [3.8, 4) is 0 Å². The summed E-state index contributed by atoms with van der Waals surface area (Å²) in [4.78, 5) is 11.4. The SMILES string of the molecule is CC(C)c1nsc2nc(N(C)C)nc(N)c12. The third kappa shape index (κ3) is 1.69. The lowest BCUT2D eigenvalue weighted by atomic mass is 10.1. The van der Waals surface area contributed by atoms with Crippen molar-refractivity contribution < 1.29 is 0 Å². The number of aromatic nitrogens is 3. The Morgan fingerprint density at radius 2 is 1.94 bits per heavy atom. The van der Waals surface area contributed by atoms with Crippen molar-refractivity contribution in [1.29, 1.82) is 0 Å². The van der Waals surface area contributed by atoms with E-state index in [0.717, 1.165) is 15.9 Å². The fraction of sp³-hybridized carbons (Fsp3) is 0.500. The van der Waals surface area contributed by atoms with Crippen molar-refractivity contribution in [2.75, 3.05) is 24.7 Å². The number of hydrogen-bond acceptors (Lipinski definition) is 6. The summed E-state index contributed by atoms with van der Waals surface area (Å²) in [7, 11) is 3.79. The molecular weight excluding hydrogens is 222 g/mol. The molecule has 0 unspecified atom stereocenters. The third-order valence-electron chi connectivity index (χ3n) is 2.33. The van der Waals surface area contributed by atoms with Crippen LogP contribution >= 0.6 is 11.5 Å². The highest BCUT2D eigenvalue weighted by atomic mass is 32.1. The quantitative estimate of drug-likeness (QED) is 0.863. The van der Waals surface area contributed by atoms with E-state index in [9.17, 15) is 0 Å². The van der Waals surface area contributed by atoms with Gasteiger partial charge in [0.15, 0.2) is 4.83 Å². The van der Waals surface area contributed by atoms with E-state index in [4.69, 9.17) is 5.73 Å². The Labute approximate surface area is 98.5 Å². The summed E-state index contributed by atoms with van der Waals surface area (Å²) in [6.45, 7) is 4.18. The van der Waals surface area contributed by atoms with Gasteiger partial charge in [0.05, 0.1) is 11.1 Å². The minimum atomic E-state index is 0.338. The first-order valence-electron chi connectivity index (χ1n) is 5.10. The molecule has 0 amide bonds. The first-order chi connectivity index (χ1) is 7.50. The molecule has 16 heavy (non-hydrogen) atoms. The lowest BCUT2D eigenvalue weighted by molar-refractivity contribution is 0.849. The van der Waals surface area contributed by atoms with Gasteiger partial charge in [0.2, 0.25) is 5.95 Å². The molecule has 86 valence electrons. The van der Waals surface area contributed by atoms with Gasteiger partial charge in [-0.05, 0) is 17.5 Å². The molecule has 0 saturated heterocycles. The molecule has 2 rings (SSSR count). The van der Waals surface area contributed by atoms with Crippen LogP contribution in [-0.2, 0) is 0 Å². The first-order valence-corrected chi connectivity index (χ1v) is 5.88. The molecule has 0 aliphatic heterocycles. The van der Waals surface area contributed by atoms with Crippen LogP contribution in [0.1, 0.15) is 25.5 Å². The Kier molecular flexibility index (Phi) is 2.67. The highest BCUT2D eigenvalue weighted by molar-refractivity contribution is 7.13. The molecule has 0 aromatic carbocycles. The van der Waals surface area contributed by atoms with E-state index < -0.39 is 0 Å². The van der Waals surface area contributed by atoms with Gasteiger partial charge >= 0.3 is 0 Å². The summed E-state index contributed by atoms with van der Waals surface area (Å²) in [6, 6.07) is 0. The smallest absolute Gasteiger partial charge is 0.228 e. The predicted octanol–water partition coefficient (Wildman–Crippen LogP) is 1.86. The van der Waals surface area contributed by atoms with Gasteiger partial charge in [0.1, 0.15) is 5.82 Å². The molecule has 0 bridgehead atoms. The van der Waals surface area contributed by atoms with Gasteiger partial charge in [0.25, 0.3) is 0 Å². The van der Waals surface area contributed by atoms with Crippen LogP contribution in [0.4, 0.5) is 11.8 Å². The van der Waals surface area contributed by atoms with Crippen molar-refractivity contribution in [2.45, 2.75) is 19.8 Å². The van der Waals surface area contributed by atoms with Crippen molar-refractivity contribution in [3.05, 3.63) is 5.69 Å². The largest absolute Gasteiger partial charge is 0.383 e. The van der Waals surface area contributed by atoms with Crippen LogP contribution in [0.2, 0.25) is 0 Å². The molecule has 0 spiro atoms. The average molecular weight is 237 g/mol. The van der Waals surface area contributed by atoms with Gasteiger partial charge in [-0.2, -0.15) is 14.3 Å². The molecule has 0 atom stereocenters. The second-order valence-electron chi connectivity index (χ2n) is 4.21. The van der Waals surface area contributed by atoms with Crippen LogP contribution in [0, 0.1) is 0 Å². The third-order valence-corrected chi connectivity index (χ3v) is 3.08. The number of nitrogens with zero attached hydrogens (tertiary/aromatic N) is 4. The van der Waals surface area contributed by atoms with Crippen LogP contribution in [0.5, 0.6) is 0 Å². The van der Waals surface area contributed by atoms with E-state index in [2.05, 4.69) is 28.2 Å². The molecular formula is C10H15N5S. The monoisotopic (exact) mass is 237 g/mol. The highest BCUT2D eigenvalue weighted by Crippen LogP contribution is 2.31. The summed E-state index contributed by atoms with van der Waals surface area (Å²) in [5.74, 6) is 1.49. The predicted molar refractivity (Wildman–Crippen MR) is 68.0 cm³/mol. The number of rotatable bonds is 2.